The summed E-state index contributed by atoms with van der Waals surface area (Å²) in [4.78, 5) is 27.7. The number of Topliss-reactive ketones (excluding diaryl/α,β-unsaturated/α-hetero) is 1. The highest BCUT2D eigenvalue weighted by molar-refractivity contribution is 6.14. The molecular formula is C29H32N2O7. The van der Waals surface area contributed by atoms with Crippen molar-refractivity contribution in [3.05, 3.63) is 69.7 Å². The third-order valence-corrected chi connectivity index (χ3v) is 8.35. The number of rotatable bonds is 4. The molecule has 9 heteroatoms. The Labute approximate surface area is 220 Å². The van der Waals surface area contributed by atoms with E-state index in [1.165, 1.54) is 6.07 Å². The summed E-state index contributed by atoms with van der Waals surface area (Å²) in [6, 6.07) is 8.12. The normalized spacial score (nSPS) is 26.7. The molecule has 2 aromatic rings. The summed E-state index contributed by atoms with van der Waals surface area (Å²) in [5, 5.41) is 45.0. The number of nitrogens with zero attached hydrogens (tertiary/aromatic N) is 1. The summed E-state index contributed by atoms with van der Waals surface area (Å²) < 4.78 is 5.59. The number of phenols is 1. The van der Waals surface area contributed by atoms with Gasteiger partial charge in [0, 0.05) is 23.5 Å². The number of aliphatic hydroxyl groups is 3. The number of methoxy groups -OCH3 is 1. The molecule has 0 aliphatic heterocycles. The Bertz CT molecular complexity index is 1440. The molecule has 0 spiro atoms. The van der Waals surface area contributed by atoms with Gasteiger partial charge in [-0.2, -0.15) is 0 Å². The minimum atomic E-state index is -1.99. The Balaban J connectivity index is 1.71. The summed E-state index contributed by atoms with van der Waals surface area (Å²) in [7, 11) is 4.96. The number of aliphatic hydroxyl groups excluding tert-OH is 2. The number of ketones is 1. The second-order valence-electron chi connectivity index (χ2n) is 10.8. The Kier molecular flexibility index (Phi) is 6.04. The topological polar surface area (TPSA) is 154 Å². The van der Waals surface area contributed by atoms with Crippen molar-refractivity contribution in [2.75, 3.05) is 21.2 Å². The number of likely N-dealkylation sites (N-methyl/N-ethyl adjacent to an activating group) is 1. The molecule has 0 heterocycles. The maximum absolute atomic E-state index is 13.9. The molecule has 0 saturated carbocycles. The lowest BCUT2D eigenvalue weighted by atomic mass is 9.59. The second kappa shape index (κ2) is 8.89. The van der Waals surface area contributed by atoms with E-state index in [1.807, 2.05) is 25.1 Å². The number of primary amides is 1. The lowest BCUT2D eigenvalue weighted by Crippen LogP contribution is -2.59. The standard InChI is InChI=1S/C29H32N2O7/c1-13-5-8-21(38-4)16(9-13)15-6-7-20(32)23-17(15)10-14-11-19-24(31(2)3)25(33)18(28(30)36)12-29(19,37)27(35)22(14)26(23)34/h5-9,14,19,24,32-33,35,37H,10-12H2,1-4H3,(H2,30,36). The molecule has 4 unspecified atom stereocenters. The van der Waals surface area contributed by atoms with Gasteiger partial charge < -0.3 is 30.9 Å². The van der Waals surface area contributed by atoms with Crippen LogP contribution < -0.4 is 10.5 Å². The average Bonchev–Trinajstić information content (AvgIpc) is 2.85. The molecular weight excluding hydrogens is 488 g/mol. The molecule has 0 fully saturated rings. The van der Waals surface area contributed by atoms with Crippen LogP contribution in [0.1, 0.15) is 34.3 Å². The number of amides is 1. The van der Waals surface area contributed by atoms with Gasteiger partial charge in [0.25, 0.3) is 0 Å². The molecule has 200 valence electrons. The van der Waals surface area contributed by atoms with Gasteiger partial charge in [-0.3, -0.25) is 14.5 Å². The van der Waals surface area contributed by atoms with Crippen LogP contribution >= 0.6 is 0 Å². The third kappa shape index (κ3) is 3.60. The van der Waals surface area contributed by atoms with Crippen molar-refractivity contribution in [1.29, 1.82) is 0 Å². The highest BCUT2D eigenvalue weighted by Crippen LogP contribution is 2.54. The Morgan fingerprint density at radius 3 is 2.47 bits per heavy atom. The number of benzene rings is 2. The summed E-state index contributed by atoms with van der Waals surface area (Å²) in [6.07, 6.45) is 0.138. The van der Waals surface area contributed by atoms with E-state index in [2.05, 4.69) is 0 Å². The Morgan fingerprint density at radius 1 is 1.13 bits per heavy atom. The van der Waals surface area contributed by atoms with Crippen LogP contribution in [0.3, 0.4) is 0 Å². The van der Waals surface area contributed by atoms with Crippen molar-refractivity contribution >= 4 is 11.7 Å². The van der Waals surface area contributed by atoms with Crippen molar-refractivity contribution < 1.29 is 34.8 Å². The van der Waals surface area contributed by atoms with Crippen LogP contribution in [-0.2, 0) is 11.2 Å². The van der Waals surface area contributed by atoms with Crippen molar-refractivity contribution in [3.63, 3.8) is 0 Å². The fourth-order valence-electron chi connectivity index (χ4n) is 6.62. The molecule has 3 aliphatic carbocycles. The van der Waals surface area contributed by atoms with Crippen molar-refractivity contribution in [2.24, 2.45) is 17.6 Å². The first kappa shape index (κ1) is 25.8. The van der Waals surface area contributed by atoms with Crippen LogP contribution in [0.4, 0.5) is 0 Å². The van der Waals surface area contributed by atoms with E-state index < -0.39 is 47.3 Å². The number of phenolic OH excluding ortho intramolecular Hbond substituents is 1. The number of hydrogen-bond donors (Lipinski definition) is 5. The monoisotopic (exact) mass is 520 g/mol. The van der Waals surface area contributed by atoms with Gasteiger partial charge in [-0.25, -0.2) is 0 Å². The molecule has 38 heavy (non-hydrogen) atoms. The molecule has 3 aliphatic rings. The maximum atomic E-state index is 13.9. The van der Waals surface area contributed by atoms with Crippen molar-refractivity contribution in [2.45, 2.75) is 37.8 Å². The minimum Gasteiger partial charge on any atom is -0.510 e. The van der Waals surface area contributed by atoms with Crippen LogP contribution in [0.2, 0.25) is 0 Å². The van der Waals surface area contributed by atoms with E-state index >= 15 is 0 Å². The van der Waals surface area contributed by atoms with Gasteiger partial charge in [0.1, 0.15) is 28.6 Å². The van der Waals surface area contributed by atoms with Gasteiger partial charge in [-0.1, -0.05) is 17.7 Å². The van der Waals surface area contributed by atoms with Gasteiger partial charge in [0.2, 0.25) is 5.91 Å². The first-order valence-corrected chi connectivity index (χ1v) is 12.5. The molecule has 6 N–H and O–H groups in total. The van der Waals surface area contributed by atoms with E-state index in [9.17, 15) is 30.0 Å². The summed E-state index contributed by atoms with van der Waals surface area (Å²) in [5.41, 5.74) is 6.54. The number of nitrogens with two attached hydrogens (primary N) is 1. The zero-order valence-corrected chi connectivity index (χ0v) is 21.8. The SMILES string of the molecule is COc1ccc(C)cc1-c1ccc(O)c2c1CC1CC3C(N(C)C)C(O)=C(C(N)=O)CC3(O)C(O)=C1C2=O. The molecule has 9 nitrogen and oxygen atoms in total. The first-order chi connectivity index (χ1) is 17.9. The zero-order chi connectivity index (χ0) is 27.7. The van der Waals surface area contributed by atoms with Crippen molar-refractivity contribution in [3.8, 4) is 22.6 Å². The Hall–Kier alpha value is -3.82. The fourth-order valence-corrected chi connectivity index (χ4v) is 6.62. The number of carbonyl (C=O) groups is 2. The van der Waals surface area contributed by atoms with Crippen LogP contribution in [-0.4, -0.2) is 69.9 Å². The molecule has 0 aromatic heterocycles. The van der Waals surface area contributed by atoms with E-state index in [-0.39, 0.29) is 34.6 Å². The predicted molar refractivity (Wildman–Crippen MR) is 140 cm³/mol. The van der Waals surface area contributed by atoms with Gasteiger partial charge in [0.15, 0.2) is 5.78 Å². The number of carbonyl (C=O) groups excluding carboxylic acids is 2. The number of ether oxygens (including phenoxy) is 1. The zero-order valence-electron chi connectivity index (χ0n) is 21.8. The molecule has 4 atom stereocenters. The lowest BCUT2D eigenvalue weighted by Gasteiger charge is -2.51. The number of fused-ring (bicyclic) bond motifs is 3. The van der Waals surface area contributed by atoms with Crippen LogP contribution in [0.25, 0.3) is 11.1 Å². The molecule has 5 rings (SSSR count). The number of aryl methyl sites for hydroxylation is 1. The van der Waals surface area contributed by atoms with Crippen LogP contribution in [0.15, 0.2) is 53.0 Å². The van der Waals surface area contributed by atoms with Crippen molar-refractivity contribution in [1.82, 2.24) is 4.90 Å². The smallest absolute Gasteiger partial charge is 0.248 e. The lowest BCUT2D eigenvalue weighted by molar-refractivity contribution is -0.118. The molecule has 0 radical (unpaired) electrons. The first-order valence-electron chi connectivity index (χ1n) is 12.5. The van der Waals surface area contributed by atoms with E-state index in [4.69, 9.17) is 10.5 Å². The van der Waals surface area contributed by atoms with Crippen LogP contribution in [0.5, 0.6) is 11.5 Å². The summed E-state index contributed by atoms with van der Waals surface area (Å²) >= 11 is 0. The van der Waals surface area contributed by atoms with Gasteiger partial charge in [-0.05, 0) is 69.1 Å². The largest absolute Gasteiger partial charge is 0.510 e. The summed E-state index contributed by atoms with van der Waals surface area (Å²) in [6.45, 7) is 1.95. The van der Waals surface area contributed by atoms with Gasteiger partial charge in [-0.15, -0.1) is 0 Å². The molecule has 1 amide bonds. The molecule has 0 bridgehead atoms. The second-order valence-corrected chi connectivity index (χ2v) is 10.8. The highest BCUT2D eigenvalue weighted by atomic mass is 16.5. The predicted octanol–water partition coefficient (Wildman–Crippen LogP) is 2.93. The molecule has 2 aromatic carbocycles. The number of aromatic hydroxyl groups is 1. The molecule has 0 saturated heterocycles. The average molecular weight is 521 g/mol. The minimum absolute atomic E-state index is 0.0163. The van der Waals surface area contributed by atoms with Crippen LogP contribution in [0, 0.1) is 18.8 Å². The van der Waals surface area contributed by atoms with E-state index in [1.54, 1.807) is 32.2 Å². The van der Waals surface area contributed by atoms with Gasteiger partial charge in [0.05, 0.1) is 24.3 Å². The van der Waals surface area contributed by atoms with Gasteiger partial charge >= 0.3 is 0 Å². The highest BCUT2D eigenvalue weighted by Gasteiger charge is 2.58. The number of allylic oxidation sites excluding steroid dienone is 1. The maximum Gasteiger partial charge on any atom is 0.248 e. The van der Waals surface area contributed by atoms with E-state index in [0.717, 1.165) is 16.7 Å². The third-order valence-electron chi connectivity index (χ3n) is 8.35. The Morgan fingerprint density at radius 2 is 1.84 bits per heavy atom. The quantitative estimate of drug-likeness (QED) is 0.412. The number of hydrogen-bond acceptors (Lipinski definition) is 8. The van der Waals surface area contributed by atoms with E-state index in [0.29, 0.717) is 17.7 Å². The fraction of sp³-hybridized carbons (Fsp3) is 0.379. The summed E-state index contributed by atoms with van der Waals surface area (Å²) in [5.74, 6) is -3.09.